The van der Waals surface area contributed by atoms with Crippen LogP contribution in [0.15, 0.2) is 29.6 Å². The van der Waals surface area contributed by atoms with Crippen molar-refractivity contribution in [3.05, 3.63) is 35.2 Å². The van der Waals surface area contributed by atoms with Crippen LogP contribution in [0.3, 0.4) is 0 Å². The minimum atomic E-state index is 0.704. The van der Waals surface area contributed by atoms with Gasteiger partial charge in [-0.3, -0.25) is 0 Å². The Labute approximate surface area is 113 Å². The lowest BCUT2D eigenvalue weighted by Gasteiger charge is -2.05. The quantitative estimate of drug-likeness (QED) is 0.859. The topological polar surface area (TPSA) is 24.9 Å². The first-order chi connectivity index (χ1) is 8.69. The van der Waals surface area contributed by atoms with Crippen LogP contribution in [0, 0.1) is 5.92 Å². The zero-order valence-electron chi connectivity index (χ0n) is 11.2. The molecule has 0 atom stereocenters. The first-order valence-corrected chi connectivity index (χ1v) is 7.35. The first kappa shape index (κ1) is 13.1. The molecule has 0 aliphatic heterocycles. The number of rotatable bonds is 5. The number of anilines is 1. The maximum atomic E-state index is 4.57. The summed E-state index contributed by atoms with van der Waals surface area (Å²) in [5.74, 6) is 0.704. The second-order valence-electron chi connectivity index (χ2n) is 4.86. The lowest BCUT2D eigenvalue weighted by atomic mass is 10.0. The Morgan fingerprint density at radius 2 is 1.94 bits per heavy atom. The van der Waals surface area contributed by atoms with E-state index in [4.69, 9.17) is 0 Å². The van der Waals surface area contributed by atoms with Crippen molar-refractivity contribution in [2.75, 3.05) is 11.9 Å². The third-order valence-corrected chi connectivity index (χ3v) is 3.53. The Morgan fingerprint density at radius 1 is 1.22 bits per heavy atom. The van der Waals surface area contributed by atoms with Gasteiger partial charge >= 0.3 is 0 Å². The van der Waals surface area contributed by atoms with Crippen molar-refractivity contribution in [2.45, 2.75) is 27.2 Å². The van der Waals surface area contributed by atoms with Crippen LogP contribution in [0.1, 0.15) is 26.3 Å². The molecule has 0 fully saturated rings. The maximum absolute atomic E-state index is 4.57. The highest BCUT2D eigenvalue weighted by atomic mass is 32.1. The third kappa shape index (κ3) is 3.33. The van der Waals surface area contributed by atoms with E-state index in [0.29, 0.717) is 5.92 Å². The normalized spacial score (nSPS) is 10.9. The van der Waals surface area contributed by atoms with Gasteiger partial charge in [-0.15, -0.1) is 11.3 Å². The van der Waals surface area contributed by atoms with Gasteiger partial charge in [0.1, 0.15) is 0 Å². The zero-order chi connectivity index (χ0) is 13.0. The molecule has 0 bridgehead atoms. The predicted molar refractivity (Wildman–Crippen MR) is 80.3 cm³/mol. The van der Waals surface area contributed by atoms with Gasteiger partial charge in [-0.05, 0) is 24.8 Å². The average Bonchev–Trinajstić information content (AvgIpc) is 2.78. The van der Waals surface area contributed by atoms with E-state index in [0.717, 1.165) is 23.8 Å². The summed E-state index contributed by atoms with van der Waals surface area (Å²) in [7, 11) is 0. The van der Waals surface area contributed by atoms with Gasteiger partial charge in [-0.25, -0.2) is 4.98 Å². The van der Waals surface area contributed by atoms with Crippen molar-refractivity contribution in [1.29, 1.82) is 0 Å². The fraction of sp³-hybridized carbons (Fsp3) is 0.400. The molecular formula is C15H20N2S. The second-order valence-corrected chi connectivity index (χ2v) is 5.72. The van der Waals surface area contributed by atoms with E-state index in [1.807, 2.05) is 0 Å². The molecule has 0 aliphatic carbocycles. The van der Waals surface area contributed by atoms with Crippen molar-refractivity contribution >= 4 is 16.5 Å². The lowest BCUT2D eigenvalue weighted by Crippen LogP contribution is -1.95. The van der Waals surface area contributed by atoms with Crippen LogP contribution < -0.4 is 5.32 Å². The van der Waals surface area contributed by atoms with E-state index in [1.54, 1.807) is 11.3 Å². The van der Waals surface area contributed by atoms with Crippen molar-refractivity contribution in [3.63, 3.8) is 0 Å². The summed E-state index contributed by atoms with van der Waals surface area (Å²) in [6, 6.07) is 8.76. The lowest BCUT2D eigenvalue weighted by molar-refractivity contribution is 0.647. The van der Waals surface area contributed by atoms with Gasteiger partial charge in [0, 0.05) is 17.5 Å². The number of hydrogen-bond acceptors (Lipinski definition) is 3. The molecule has 96 valence electrons. The molecule has 1 N–H and O–H groups in total. The molecular weight excluding hydrogens is 240 g/mol. The Kier molecular flexibility index (Phi) is 4.37. The van der Waals surface area contributed by atoms with Crippen LogP contribution in [0.5, 0.6) is 0 Å². The van der Waals surface area contributed by atoms with Gasteiger partial charge < -0.3 is 5.32 Å². The molecule has 0 amide bonds. The standard InChI is InChI=1S/C15H20N2S/c1-4-16-15-17-14(10-18-15)13-7-5-12(6-8-13)9-11(2)3/h5-8,10-11H,4,9H2,1-3H3,(H,16,17). The predicted octanol–water partition coefficient (Wildman–Crippen LogP) is 4.44. The number of nitrogens with one attached hydrogen (secondary N) is 1. The molecule has 1 heterocycles. The number of nitrogens with zero attached hydrogens (tertiary/aromatic N) is 1. The summed E-state index contributed by atoms with van der Waals surface area (Å²) in [4.78, 5) is 4.57. The number of aromatic nitrogens is 1. The molecule has 0 unspecified atom stereocenters. The van der Waals surface area contributed by atoms with Crippen molar-refractivity contribution in [2.24, 2.45) is 5.92 Å². The Hall–Kier alpha value is -1.35. The number of benzene rings is 1. The summed E-state index contributed by atoms with van der Waals surface area (Å²) in [6.07, 6.45) is 1.14. The van der Waals surface area contributed by atoms with Crippen LogP contribution in [0.25, 0.3) is 11.3 Å². The van der Waals surface area contributed by atoms with Crippen LogP contribution in [0.4, 0.5) is 5.13 Å². The van der Waals surface area contributed by atoms with E-state index >= 15 is 0 Å². The molecule has 0 saturated heterocycles. The van der Waals surface area contributed by atoms with Gasteiger partial charge in [-0.1, -0.05) is 38.1 Å². The highest BCUT2D eigenvalue weighted by Crippen LogP contribution is 2.25. The van der Waals surface area contributed by atoms with E-state index in [2.05, 4.69) is 60.7 Å². The van der Waals surface area contributed by atoms with E-state index < -0.39 is 0 Å². The van der Waals surface area contributed by atoms with Gasteiger partial charge in [-0.2, -0.15) is 0 Å². The zero-order valence-corrected chi connectivity index (χ0v) is 12.1. The summed E-state index contributed by atoms with van der Waals surface area (Å²) in [6.45, 7) is 7.50. The van der Waals surface area contributed by atoms with Crippen LogP contribution in [-0.2, 0) is 6.42 Å². The number of thiazole rings is 1. The maximum Gasteiger partial charge on any atom is 0.183 e. The van der Waals surface area contributed by atoms with Gasteiger partial charge in [0.05, 0.1) is 5.69 Å². The summed E-state index contributed by atoms with van der Waals surface area (Å²) in [5.41, 5.74) is 3.66. The molecule has 0 radical (unpaired) electrons. The fourth-order valence-electron chi connectivity index (χ4n) is 1.92. The summed E-state index contributed by atoms with van der Waals surface area (Å²) >= 11 is 1.66. The van der Waals surface area contributed by atoms with E-state index in [1.165, 1.54) is 11.1 Å². The van der Waals surface area contributed by atoms with Gasteiger partial charge in [0.2, 0.25) is 0 Å². The molecule has 2 aromatic rings. The minimum Gasteiger partial charge on any atom is -0.362 e. The molecule has 2 nitrogen and oxygen atoms in total. The van der Waals surface area contributed by atoms with Crippen LogP contribution in [0.2, 0.25) is 0 Å². The number of hydrogen-bond donors (Lipinski definition) is 1. The molecule has 18 heavy (non-hydrogen) atoms. The Balaban J connectivity index is 2.12. The smallest absolute Gasteiger partial charge is 0.183 e. The summed E-state index contributed by atoms with van der Waals surface area (Å²) in [5, 5.41) is 6.35. The van der Waals surface area contributed by atoms with E-state index in [-0.39, 0.29) is 0 Å². The first-order valence-electron chi connectivity index (χ1n) is 6.47. The van der Waals surface area contributed by atoms with Crippen molar-refractivity contribution in [3.8, 4) is 11.3 Å². The van der Waals surface area contributed by atoms with Gasteiger partial charge in [0.15, 0.2) is 5.13 Å². The SMILES string of the molecule is CCNc1nc(-c2ccc(CC(C)C)cc2)cs1. The van der Waals surface area contributed by atoms with E-state index in [9.17, 15) is 0 Å². The fourth-order valence-corrected chi connectivity index (χ4v) is 2.71. The average molecular weight is 260 g/mol. The molecule has 1 aromatic carbocycles. The van der Waals surface area contributed by atoms with Crippen LogP contribution in [-0.4, -0.2) is 11.5 Å². The molecule has 1 aromatic heterocycles. The Bertz CT molecular complexity index is 485. The molecule has 0 spiro atoms. The largest absolute Gasteiger partial charge is 0.362 e. The highest BCUT2D eigenvalue weighted by Gasteiger charge is 2.04. The Morgan fingerprint density at radius 3 is 2.56 bits per heavy atom. The summed E-state index contributed by atoms with van der Waals surface area (Å²) < 4.78 is 0. The molecule has 2 rings (SSSR count). The van der Waals surface area contributed by atoms with Crippen molar-refractivity contribution in [1.82, 2.24) is 4.98 Å². The van der Waals surface area contributed by atoms with Crippen molar-refractivity contribution < 1.29 is 0 Å². The highest BCUT2D eigenvalue weighted by molar-refractivity contribution is 7.14. The third-order valence-electron chi connectivity index (χ3n) is 2.73. The second kappa shape index (κ2) is 6.01. The monoisotopic (exact) mass is 260 g/mol. The molecule has 0 saturated carbocycles. The molecule has 3 heteroatoms. The molecule has 0 aliphatic rings. The van der Waals surface area contributed by atoms with Gasteiger partial charge in [0.25, 0.3) is 0 Å². The minimum absolute atomic E-state index is 0.704. The van der Waals surface area contributed by atoms with Crippen LogP contribution >= 0.6 is 11.3 Å².